The number of H-pyrrole nitrogens is 1. The predicted molar refractivity (Wildman–Crippen MR) is 130 cm³/mol. The van der Waals surface area contributed by atoms with Crippen molar-refractivity contribution in [2.24, 2.45) is 4.99 Å². The summed E-state index contributed by atoms with van der Waals surface area (Å²) in [6, 6.07) is 6.50. The van der Waals surface area contributed by atoms with Gasteiger partial charge in [-0.3, -0.25) is 4.99 Å². The van der Waals surface area contributed by atoms with E-state index in [0.29, 0.717) is 12.4 Å². The van der Waals surface area contributed by atoms with Crippen LogP contribution in [0.15, 0.2) is 40.0 Å². The summed E-state index contributed by atoms with van der Waals surface area (Å²) in [6.45, 7) is 9.81. The molecule has 2 aromatic heterocycles. The number of hydrogen-bond acceptors (Lipinski definition) is 3. The fourth-order valence-electron chi connectivity index (χ4n) is 3.21. The van der Waals surface area contributed by atoms with Crippen LogP contribution in [0, 0.1) is 0 Å². The maximum Gasteiger partial charge on any atom is 0.213 e. The monoisotopic (exact) mass is 509 g/mol. The molecule has 0 saturated heterocycles. The van der Waals surface area contributed by atoms with E-state index in [-0.39, 0.29) is 29.4 Å². The van der Waals surface area contributed by atoms with Crippen LogP contribution in [0.25, 0.3) is 10.9 Å². The van der Waals surface area contributed by atoms with Crippen LogP contribution < -0.4 is 10.6 Å². The Morgan fingerprint density at radius 1 is 1.21 bits per heavy atom. The maximum absolute atomic E-state index is 5.82. The Kier molecular flexibility index (Phi) is 8.13. The van der Waals surface area contributed by atoms with Gasteiger partial charge >= 0.3 is 0 Å². The highest BCUT2D eigenvalue weighted by Gasteiger charge is 2.19. The summed E-state index contributed by atoms with van der Waals surface area (Å²) in [5, 5.41) is 7.93. The van der Waals surface area contributed by atoms with Crippen molar-refractivity contribution < 1.29 is 4.42 Å². The minimum atomic E-state index is -0.0395. The molecule has 0 aliphatic carbocycles. The van der Waals surface area contributed by atoms with Crippen molar-refractivity contribution in [3.63, 3.8) is 0 Å². The predicted octanol–water partition coefficient (Wildman–Crippen LogP) is 4.54. The van der Waals surface area contributed by atoms with Crippen LogP contribution in [0.4, 0.5) is 0 Å². The van der Waals surface area contributed by atoms with E-state index in [2.05, 4.69) is 77.7 Å². The molecule has 29 heavy (non-hydrogen) atoms. The van der Waals surface area contributed by atoms with Crippen molar-refractivity contribution in [2.45, 2.75) is 52.5 Å². The normalized spacial score (nSPS) is 12.1. The topological polar surface area (TPSA) is 78.2 Å². The zero-order valence-corrected chi connectivity index (χ0v) is 20.3. The molecule has 0 radical (unpaired) electrons. The Labute approximate surface area is 190 Å². The van der Waals surface area contributed by atoms with E-state index < -0.39 is 0 Å². The van der Waals surface area contributed by atoms with Gasteiger partial charge in [0, 0.05) is 36.1 Å². The molecule has 0 saturated carbocycles. The molecular weight excluding hydrogens is 477 g/mol. The number of aryl methyl sites for hydroxylation is 1. The summed E-state index contributed by atoms with van der Waals surface area (Å²) in [5.74, 6) is 2.29. The second-order valence-corrected chi connectivity index (χ2v) is 7.98. The Morgan fingerprint density at radius 2 is 2.00 bits per heavy atom. The molecule has 0 atom stereocenters. The Balaban J connectivity index is 0.00000300. The number of aliphatic imine (C=N–C) groups is 1. The highest BCUT2D eigenvalue weighted by Crippen LogP contribution is 2.23. The number of halogens is 1. The minimum absolute atomic E-state index is 0. The quantitative estimate of drug-likeness (QED) is 0.259. The van der Waals surface area contributed by atoms with E-state index in [1.807, 2.05) is 0 Å². The van der Waals surface area contributed by atoms with Crippen LogP contribution in [0.3, 0.4) is 0 Å². The van der Waals surface area contributed by atoms with Crippen LogP contribution in [0.2, 0.25) is 0 Å². The van der Waals surface area contributed by atoms with Gasteiger partial charge in [0.2, 0.25) is 5.89 Å². The second kappa shape index (κ2) is 10.1. The SMILES string of the molecule is CCc1cccc2c(CCNC(=NC)NCc3ncc(C(C)(C)C)o3)c[nH]c12.I. The van der Waals surface area contributed by atoms with Gasteiger partial charge in [-0.1, -0.05) is 45.9 Å². The molecule has 6 nitrogen and oxygen atoms in total. The van der Waals surface area contributed by atoms with E-state index in [1.54, 1.807) is 13.2 Å². The van der Waals surface area contributed by atoms with Crippen molar-refractivity contribution in [1.82, 2.24) is 20.6 Å². The average Bonchev–Trinajstić information content (AvgIpc) is 3.31. The van der Waals surface area contributed by atoms with E-state index in [1.165, 1.54) is 22.0 Å². The van der Waals surface area contributed by atoms with Crippen LogP contribution in [0.5, 0.6) is 0 Å². The summed E-state index contributed by atoms with van der Waals surface area (Å²) in [5.41, 5.74) is 3.88. The Morgan fingerprint density at radius 3 is 2.66 bits per heavy atom. The van der Waals surface area contributed by atoms with Crippen molar-refractivity contribution in [2.75, 3.05) is 13.6 Å². The van der Waals surface area contributed by atoms with Crippen LogP contribution in [0.1, 0.15) is 50.5 Å². The van der Waals surface area contributed by atoms with Crippen molar-refractivity contribution >= 4 is 40.8 Å². The summed E-state index contributed by atoms with van der Waals surface area (Å²) >= 11 is 0. The van der Waals surface area contributed by atoms with Crippen LogP contribution >= 0.6 is 24.0 Å². The van der Waals surface area contributed by atoms with E-state index >= 15 is 0 Å². The molecule has 0 amide bonds. The molecule has 7 heteroatoms. The highest BCUT2D eigenvalue weighted by atomic mass is 127. The van der Waals surface area contributed by atoms with Gasteiger partial charge in [-0.25, -0.2) is 4.98 Å². The number of rotatable bonds is 6. The number of hydrogen-bond donors (Lipinski definition) is 3. The first-order chi connectivity index (χ1) is 13.4. The lowest BCUT2D eigenvalue weighted by molar-refractivity contribution is 0.379. The number of guanidine groups is 1. The second-order valence-electron chi connectivity index (χ2n) is 7.98. The third-order valence-corrected chi connectivity index (χ3v) is 4.88. The van der Waals surface area contributed by atoms with E-state index in [9.17, 15) is 0 Å². The standard InChI is InChI=1S/C22H31N5O.HI/c1-6-15-8-7-9-17-16(12-26-20(15)17)10-11-24-21(23-5)27-14-19-25-13-18(28-19)22(2,3)4;/h7-9,12-13,26H,6,10-11,14H2,1-5H3,(H2,23,24,27);1H. The molecule has 0 unspecified atom stereocenters. The van der Waals surface area contributed by atoms with Gasteiger partial charge in [-0.15, -0.1) is 24.0 Å². The zero-order valence-electron chi connectivity index (χ0n) is 17.9. The molecule has 2 heterocycles. The summed E-state index contributed by atoms with van der Waals surface area (Å²) in [4.78, 5) is 12.1. The number of nitrogens with zero attached hydrogens (tertiary/aromatic N) is 2. The molecule has 3 N–H and O–H groups in total. The van der Waals surface area contributed by atoms with Gasteiger partial charge in [-0.2, -0.15) is 0 Å². The molecular formula is C22H32IN5O. The number of oxazole rings is 1. The largest absolute Gasteiger partial charge is 0.443 e. The molecule has 0 fully saturated rings. The lowest BCUT2D eigenvalue weighted by Crippen LogP contribution is -2.37. The lowest BCUT2D eigenvalue weighted by Gasteiger charge is -2.13. The molecule has 3 aromatic rings. The van der Waals surface area contributed by atoms with Gasteiger partial charge in [0.1, 0.15) is 5.76 Å². The van der Waals surface area contributed by atoms with Crippen molar-refractivity contribution in [3.05, 3.63) is 53.4 Å². The Hall–Kier alpha value is -2.03. The molecule has 0 aliphatic heterocycles. The molecule has 3 rings (SSSR count). The van der Waals surface area contributed by atoms with Gasteiger partial charge < -0.3 is 20.0 Å². The third-order valence-electron chi connectivity index (χ3n) is 4.88. The van der Waals surface area contributed by atoms with Crippen LogP contribution in [-0.2, 0) is 24.8 Å². The molecule has 1 aromatic carbocycles. The first-order valence-electron chi connectivity index (χ1n) is 9.90. The molecule has 0 aliphatic rings. The smallest absolute Gasteiger partial charge is 0.213 e. The lowest BCUT2D eigenvalue weighted by atomic mass is 9.94. The van der Waals surface area contributed by atoms with Gasteiger partial charge in [0.25, 0.3) is 0 Å². The van der Waals surface area contributed by atoms with Gasteiger partial charge in [0.05, 0.1) is 12.7 Å². The minimum Gasteiger partial charge on any atom is -0.443 e. The van der Waals surface area contributed by atoms with Crippen molar-refractivity contribution in [3.8, 4) is 0 Å². The maximum atomic E-state index is 5.82. The molecule has 0 bridgehead atoms. The van der Waals surface area contributed by atoms with Crippen molar-refractivity contribution in [1.29, 1.82) is 0 Å². The number of para-hydroxylation sites is 1. The van der Waals surface area contributed by atoms with Gasteiger partial charge in [0.15, 0.2) is 5.96 Å². The Bertz CT molecular complexity index is 952. The molecule has 0 spiro atoms. The summed E-state index contributed by atoms with van der Waals surface area (Å²) in [7, 11) is 1.77. The number of nitrogens with one attached hydrogen (secondary N) is 3. The number of fused-ring (bicyclic) bond motifs is 1. The van der Waals surface area contributed by atoms with Gasteiger partial charge in [-0.05, 0) is 24.0 Å². The first-order valence-corrected chi connectivity index (χ1v) is 9.90. The number of aromatic amines is 1. The summed E-state index contributed by atoms with van der Waals surface area (Å²) < 4.78 is 5.82. The first kappa shape index (κ1) is 23.3. The highest BCUT2D eigenvalue weighted by molar-refractivity contribution is 14.0. The van der Waals surface area contributed by atoms with Crippen LogP contribution in [-0.4, -0.2) is 29.5 Å². The third kappa shape index (κ3) is 5.74. The van der Waals surface area contributed by atoms with E-state index in [4.69, 9.17) is 4.42 Å². The fourth-order valence-corrected chi connectivity index (χ4v) is 3.21. The van der Waals surface area contributed by atoms with E-state index in [0.717, 1.165) is 31.1 Å². The fraction of sp³-hybridized carbons (Fsp3) is 0.455. The summed E-state index contributed by atoms with van der Waals surface area (Å²) in [6.07, 6.45) is 5.86. The number of benzene rings is 1. The molecule has 158 valence electrons. The zero-order chi connectivity index (χ0) is 20.1. The average molecular weight is 509 g/mol. The number of aromatic nitrogens is 2.